The summed E-state index contributed by atoms with van der Waals surface area (Å²) in [5, 5.41) is 6.69. The number of imide groups is 1. The van der Waals surface area contributed by atoms with Crippen LogP contribution in [0.25, 0.3) is 0 Å². The van der Waals surface area contributed by atoms with E-state index in [2.05, 4.69) is 10.2 Å². The number of nitrogens with one attached hydrogen (secondary N) is 1. The summed E-state index contributed by atoms with van der Waals surface area (Å²) in [6.07, 6.45) is 10.3. The first-order valence-electron chi connectivity index (χ1n) is 8.10. The molecule has 6 heteroatoms. The van der Waals surface area contributed by atoms with Crippen molar-refractivity contribution in [3.63, 3.8) is 0 Å². The maximum atomic E-state index is 12.7. The molecule has 1 atom stereocenters. The fourth-order valence-electron chi connectivity index (χ4n) is 3.90. The number of rotatable bonds is 4. The van der Waals surface area contributed by atoms with Crippen LogP contribution < -0.4 is 0 Å². The molecule has 3 rings (SSSR count). The number of urea groups is 1. The molecule has 0 spiro atoms. The molecule has 1 saturated heterocycles. The number of H-pyrrole nitrogens is 1. The molecule has 22 heavy (non-hydrogen) atoms. The third kappa shape index (κ3) is 2.51. The van der Waals surface area contributed by atoms with Crippen molar-refractivity contribution in [3.05, 3.63) is 18.0 Å². The summed E-state index contributed by atoms with van der Waals surface area (Å²) >= 11 is 0. The Bertz CT molecular complexity index is 551. The molecular formula is C16H24N4O2. The van der Waals surface area contributed by atoms with E-state index < -0.39 is 5.54 Å². The van der Waals surface area contributed by atoms with Gasteiger partial charge in [-0.05, 0) is 19.3 Å². The molecule has 0 bridgehead atoms. The zero-order valence-corrected chi connectivity index (χ0v) is 13.3. The van der Waals surface area contributed by atoms with E-state index in [0.717, 1.165) is 12.0 Å². The Morgan fingerprint density at radius 3 is 2.68 bits per heavy atom. The summed E-state index contributed by atoms with van der Waals surface area (Å²) in [4.78, 5) is 28.2. The Labute approximate surface area is 130 Å². The number of carbonyl (C=O) groups is 2. The van der Waals surface area contributed by atoms with Crippen molar-refractivity contribution in [2.75, 3.05) is 7.05 Å². The fourth-order valence-corrected chi connectivity index (χ4v) is 3.90. The third-order valence-electron chi connectivity index (χ3n) is 5.19. The van der Waals surface area contributed by atoms with E-state index in [9.17, 15) is 9.59 Å². The smallest absolute Gasteiger partial charge is 0.305 e. The summed E-state index contributed by atoms with van der Waals surface area (Å²) in [6.45, 7) is 2.35. The van der Waals surface area contributed by atoms with Crippen LogP contribution in [-0.2, 0) is 11.3 Å². The molecule has 3 amide bonds. The molecule has 1 aliphatic heterocycles. The van der Waals surface area contributed by atoms with E-state index in [4.69, 9.17) is 0 Å². The second kappa shape index (κ2) is 5.74. The van der Waals surface area contributed by atoms with Gasteiger partial charge in [0, 0.05) is 18.8 Å². The average Bonchev–Trinajstić information content (AvgIpc) is 3.08. The standard InChI is InChI=1S/C16H24N4O2/c1-16(8-12-6-4-3-5-7-12)14(21)19(2)15(22)20(16)11-13-9-17-18-10-13/h9-10,12H,3-8,11H2,1-2H3,(H,17,18)/t16-/m0/s1. The Morgan fingerprint density at radius 2 is 2.05 bits per heavy atom. The molecule has 6 nitrogen and oxygen atoms in total. The van der Waals surface area contributed by atoms with Crippen LogP contribution in [0.1, 0.15) is 51.0 Å². The zero-order valence-electron chi connectivity index (χ0n) is 13.3. The first-order valence-corrected chi connectivity index (χ1v) is 8.10. The summed E-state index contributed by atoms with van der Waals surface area (Å²) in [7, 11) is 1.58. The van der Waals surface area contributed by atoms with Crippen LogP contribution >= 0.6 is 0 Å². The average molecular weight is 304 g/mol. The zero-order chi connectivity index (χ0) is 15.7. The highest BCUT2D eigenvalue weighted by Gasteiger charge is 2.53. The SMILES string of the molecule is CN1C(=O)N(Cc2cn[nH]c2)[C@@](C)(CC2CCCCC2)C1=O. The number of aromatic nitrogens is 2. The molecule has 120 valence electrons. The second-order valence-corrected chi connectivity index (χ2v) is 6.82. The minimum Gasteiger partial charge on any atom is -0.305 e. The Kier molecular flexibility index (Phi) is 3.93. The lowest BCUT2D eigenvalue weighted by atomic mass is 9.79. The highest BCUT2D eigenvalue weighted by Crippen LogP contribution is 2.38. The first kappa shape index (κ1) is 15.1. The molecule has 2 aliphatic rings. The molecule has 2 heterocycles. The van der Waals surface area contributed by atoms with Crippen LogP contribution in [0.2, 0.25) is 0 Å². The Balaban J connectivity index is 1.83. The van der Waals surface area contributed by atoms with E-state index in [-0.39, 0.29) is 11.9 Å². The number of carbonyl (C=O) groups excluding carboxylic acids is 2. The van der Waals surface area contributed by atoms with Crippen LogP contribution in [0, 0.1) is 5.92 Å². The maximum absolute atomic E-state index is 12.7. The normalized spacial score (nSPS) is 27.0. The van der Waals surface area contributed by atoms with Crippen LogP contribution in [0.3, 0.4) is 0 Å². The minimum atomic E-state index is -0.731. The topological polar surface area (TPSA) is 69.3 Å². The lowest BCUT2D eigenvalue weighted by Gasteiger charge is -2.35. The maximum Gasteiger partial charge on any atom is 0.327 e. The predicted molar refractivity (Wildman–Crippen MR) is 81.9 cm³/mol. The molecule has 1 saturated carbocycles. The van der Waals surface area contributed by atoms with Crippen LogP contribution in [0.15, 0.2) is 12.4 Å². The van der Waals surface area contributed by atoms with Gasteiger partial charge in [-0.3, -0.25) is 14.8 Å². The van der Waals surface area contributed by atoms with Gasteiger partial charge in [-0.15, -0.1) is 0 Å². The van der Waals surface area contributed by atoms with Crippen molar-refractivity contribution in [2.45, 2.75) is 57.5 Å². The molecule has 1 aliphatic carbocycles. The number of amides is 3. The fraction of sp³-hybridized carbons (Fsp3) is 0.688. The van der Waals surface area contributed by atoms with Gasteiger partial charge in [-0.1, -0.05) is 32.1 Å². The van der Waals surface area contributed by atoms with Gasteiger partial charge >= 0.3 is 6.03 Å². The van der Waals surface area contributed by atoms with Gasteiger partial charge in [0.25, 0.3) is 5.91 Å². The second-order valence-electron chi connectivity index (χ2n) is 6.82. The van der Waals surface area contributed by atoms with Gasteiger partial charge in [-0.2, -0.15) is 5.10 Å². The van der Waals surface area contributed by atoms with E-state index >= 15 is 0 Å². The lowest BCUT2D eigenvalue weighted by molar-refractivity contribution is -0.132. The van der Waals surface area contributed by atoms with Crippen LogP contribution in [0.4, 0.5) is 4.79 Å². The van der Waals surface area contributed by atoms with Gasteiger partial charge in [-0.25, -0.2) is 4.79 Å². The van der Waals surface area contributed by atoms with Crippen molar-refractivity contribution in [1.82, 2.24) is 20.0 Å². The Hall–Kier alpha value is -1.85. The molecule has 0 radical (unpaired) electrons. The quantitative estimate of drug-likeness (QED) is 0.869. The first-order chi connectivity index (χ1) is 10.5. The molecular weight excluding hydrogens is 280 g/mol. The highest BCUT2D eigenvalue weighted by molar-refractivity contribution is 6.06. The van der Waals surface area contributed by atoms with Gasteiger partial charge in [0.15, 0.2) is 0 Å². The van der Waals surface area contributed by atoms with Gasteiger partial charge in [0.2, 0.25) is 0 Å². The number of hydrogen-bond acceptors (Lipinski definition) is 3. The van der Waals surface area contributed by atoms with E-state index in [1.807, 2.05) is 6.92 Å². The van der Waals surface area contributed by atoms with Crippen molar-refractivity contribution >= 4 is 11.9 Å². The van der Waals surface area contributed by atoms with Crippen LogP contribution in [0.5, 0.6) is 0 Å². The van der Waals surface area contributed by atoms with Gasteiger partial charge in [0.05, 0.1) is 12.7 Å². The summed E-state index contributed by atoms with van der Waals surface area (Å²) in [6, 6.07) is -0.204. The predicted octanol–water partition coefficient (Wildman–Crippen LogP) is 2.53. The molecule has 0 unspecified atom stereocenters. The molecule has 2 fully saturated rings. The van der Waals surface area contributed by atoms with Crippen molar-refractivity contribution in [2.24, 2.45) is 5.92 Å². The number of aromatic amines is 1. The molecule has 1 aromatic heterocycles. The monoisotopic (exact) mass is 304 g/mol. The summed E-state index contributed by atoms with van der Waals surface area (Å²) < 4.78 is 0. The molecule has 1 N–H and O–H groups in total. The van der Waals surface area contributed by atoms with Crippen LogP contribution in [-0.4, -0.2) is 44.5 Å². The molecule has 1 aromatic rings. The lowest BCUT2D eigenvalue weighted by Crippen LogP contribution is -2.48. The van der Waals surface area contributed by atoms with E-state index in [1.165, 1.54) is 37.0 Å². The highest BCUT2D eigenvalue weighted by atomic mass is 16.2. The van der Waals surface area contributed by atoms with Gasteiger partial charge < -0.3 is 4.90 Å². The third-order valence-corrected chi connectivity index (χ3v) is 5.19. The molecule has 0 aromatic carbocycles. The minimum absolute atomic E-state index is 0.0773. The van der Waals surface area contributed by atoms with Crippen molar-refractivity contribution < 1.29 is 9.59 Å². The number of nitrogens with zero attached hydrogens (tertiary/aromatic N) is 3. The number of hydrogen-bond donors (Lipinski definition) is 1. The van der Waals surface area contributed by atoms with E-state index in [1.54, 1.807) is 24.3 Å². The van der Waals surface area contributed by atoms with E-state index in [0.29, 0.717) is 12.5 Å². The summed E-state index contributed by atoms with van der Waals surface area (Å²) in [5.41, 5.74) is 0.191. The Morgan fingerprint density at radius 1 is 1.32 bits per heavy atom. The van der Waals surface area contributed by atoms with Crippen molar-refractivity contribution in [3.8, 4) is 0 Å². The number of likely N-dealkylation sites (N-methyl/N-ethyl adjacent to an activating group) is 1. The largest absolute Gasteiger partial charge is 0.327 e. The van der Waals surface area contributed by atoms with Crippen molar-refractivity contribution in [1.29, 1.82) is 0 Å². The summed E-state index contributed by atoms with van der Waals surface area (Å²) in [5.74, 6) is 0.459. The van der Waals surface area contributed by atoms with Gasteiger partial charge in [0.1, 0.15) is 5.54 Å².